The van der Waals surface area contributed by atoms with Crippen molar-refractivity contribution in [2.45, 2.75) is 95.2 Å². The Hall–Kier alpha value is -3.30. The van der Waals surface area contributed by atoms with Gasteiger partial charge in [0, 0.05) is 45.7 Å². The number of ether oxygens (including phenoxy) is 5. The molecule has 0 radical (unpaired) electrons. The van der Waals surface area contributed by atoms with Crippen LogP contribution >= 0.6 is 23.4 Å². The van der Waals surface area contributed by atoms with Crippen LogP contribution in [-0.2, 0) is 39.8 Å². The van der Waals surface area contributed by atoms with Gasteiger partial charge in [0.25, 0.3) is 0 Å². The first-order chi connectivity index (χ1) is 24.0. The minimum atomic E-state index is -1.82. The molecule has 15 heteroatoms. The number of amides is 3. The first-order valence-electron chi connectivity index (χ1n) is 16.8. The van der Waals surface area contributed by atoms with Gasteiger partial charge >= 0.3 is 12.1 Å². The molecule has 1 aromatic rings. The lowest BCUT2D eigenvalue weighted by atomic mass is 9.83. The number of epoxide rings is 1. The van der Waals surface area contributed by atoms with Crippen LogP contribution in [0.4, 0.5) is 10.5 Å². The van der Waals surface area contributed by atoms with Crippen LogP contribution < -0.4 is 15.0 Å². The van der Waals surface area contributed by atoms with Crippen LogP contribution in [0.3, 0.4) is 0 Å². The van der Waals surface area contributed by atoms with Gasteiger partial charge < -0.3 is 38.6 Å². The Morgan fingerprint density at radius 3 is 2.63 bits per heavy atom. The second-order valence-corrected chi connectivity index (χ2v) is 15.0. The van der Waals surface area contributed by atoms with E-state index in [1.807, 2.05) is 19.3 Å². The number of fused-ring (bicyclic) bond motifs is 5. The summed E-state index contributed by atoms with van der Waals surface area (Å²) in [4.78, 5) is 56.0. The van der Waals surface area contributed by atoms with Gasteiger partial charge in [0.1, 0.15) is 40.7 Å². The highest BCUT2D eigenvalue weighted by molar-refractivity contribution is 7.98. The summed E-state index contributed by atoms with van der Waals surface area (Å²) in [6, 6.07) is 2.64. The van der Waals surface area contributed by atoms with Gasteiger partial charge in [-0.25, -0.2) is 9.59 Å². The molecular weight excluding hydrogens is 702 g/mol. The van der Waals surface area contributed by atoms with Crippen LogP contribution in [0.5, 0.6) is 5.75 Å². The SMILES string of the molecule is COc1cc2cc(c1Cl)N(C)C(=O)C[C@H](OC(=O)C(C)N(C)C(=O)CCSC)C1(C)OC1[C@H](C)C1C[C@@](O)(NC(=O)O1)[C@H](OC)/C=C/C=C(\C)C2. The first kappa shape index (κ1) is 40.5. The largest absolute Gasteiger partial charge is 0.495 e. The van der Waals surface area contributed by atoms with Crippen LogP contribution in [0, 0.1) is 5.92 Å². The van der Waals surface area contributed by atoms with Crippen molar-refractivity contribution < 1.29 is 48.0 Å². The van der Waals surface area contributed by atoms with Crippen molar-refractivity contribution in [2.24, 2.45) is 5.92 Å². The lowest BCUT2D eigenvalue weighted by Crippen LogP contribution is -2.63. The van der Waals surface area contributed by atoms with Crippen molar-refractivity contribution in [1.82, 2.24) is 10.2 Å². The molecule has 2 saturated heterocycles. The maximum Gasteiger partial charge on any atom is 0.409 e. The molecule has 3 aliphatic heterocycles. The molecule has 3 amide bonds. The van der Waals surface area contributed by atoms with Crippen LogP contribution in [0.1, 0.15) is 52.5 Å². The molecule has 282 valence electrons. The Balaban J connectivity index is 1.76. The number of methoxy groups -OCH3 is 2. The Kier molecular flexibility index (Phi) is 13.2. The van der Waals surface area contributed by atoms with Crippen LogP contribution in [0.2, 0.25) is 5.02 Å². The van der Waals surface area contributed by atoms with E-state index in [0.717, 1.165) is 11.1 Å². The van der Waals surface area contributed by atoms with Gasteiger partial charge in [0.05, 0.1) is 25.3 Å². The fourth-order valence-electron chi connectivity index (χ4n) is 6.58. The Morgan fingerprint density at radius 1 is 1.27 bits per heavy atom. The second-order valence-electron chi connectivity index (χ2n) is 13.6. The van der Waals surface area contributed by atoms with Gasteiger partial charge in [-0.05, 0) is 51.1 Å². The molecule has 3 heterocycles. The van der Waals surface area contributed by atoms with Crippen molar-refractivity contribution in [3.63, 3.8) is 0 Å². The number of benzene rings is 1. The third-order valence-electron chi connectivity index (χ3n) is 10.0. The summed E-state index contributed by atoms with van der Waals surface area (Å²) < 4.78 is 29.1. The molecule has 51 heavy (non-hydrogen) atoms. The quantitative estimate of drug-likeness (QED) is 0.289. The molecule has 1 aromatic carbocycles. The van der Waals surface area contributed by atoms with Crippen molar-refractivity contribution in [1.29, 1.82) is 0 Å². The summed E-state index contributed by atoms with van der Waals surface area (Å²) in [5.74, 6) is -0.896. The number of alkyl carbamates (subject to hydrolysis) is 1. The number of hydrogen-bond donors (Lipinski definition) is 2. The zero-order chi connectivity index (χ0) is 37.8. The van der Waals surface area contributed by atoms with Crippen LogP contribution in [0.15, 0.2) is 35.9 Å². The number of halogens is 1. The summed E-state index contributed by atoms with van der Waals surface area (Å²) in [6.45, 7) is 7.02. The van der Waals surface area contributed by atoms with E-state index < -0.39 is 65.7 Å². The van der Waals surface area contributed by atoms with Crippen molar-refractivity contribution in [2.75, 3.05) is 45.2 Å². The highest BCUT2D eigenvalue weighted by Crippen LogP contribution is 2.49. The number of esters is 1. The van der Waals surface area contributed by atoms with E-state index in [1.165, 1.54) is 42.8 Å². The van der Waals surface area contributed by atoms with E-state index in [-0.39, 0.29) is 30.2 Å². The van der Waals surface area contributed by atoms with Gasteiger partial charge in [0.2, 0.25) is 11.8 Å². The first-order valence-corrected chi connectivity index (χ1v) is 18.6. The average Bonchev–Trinajstić information content (AvgIpc) is 3.79. The molecular formula is C36H50ClN3O10S. The Bertz CT molecular complexity index is 1560. The predicted octanol–water partition coefficient (Wildman–Crippen LogP) is 4.27. The normalized spacial score (nSPS) is 31.9. The average molecular weight is 752 g/mol. The summed E-state index contributed by atoms with van der Waals surface area (Å²) in [7, 11) is 6.04. The molecule has 2 N–H and O–H groups in total. The topological polar surface area (TPSA) is 156 Å². The number of allylic oxidation sites excluding steroid dienone is 3. The zero-order valence-electron chi connectivity index (χ0n) is 30.7. The van der Waals surface area contributed by atoms with E-state index in [2.05, 4.69) is 5.32 Å². The van der Waals surface area contributed by atoms with Gasteiger partial charge in [-0.2, -0.15) is 11.8 Å². The number of nitrogens with one attached hydrogen (secondary N) is 1. The maximum absolute atomic E-state index is 14.1. The third kappa shape index (κ3) is 9.02. The standard InChI is InChI=1S/C36H50ClN3O10S/c1-20-11-10-12-27(47-8)36(45)19-26(48-34(44)38-36)21(2)32-35(4,50-32)28(49-33(43)22(3)39(5)29(41)13-14-51-9)18-30(42)40(6)24-16-23(15-20)17-25(46-7)31(24)37/h10-12,16-17,21-22,26-28,32,45H,13-15,18-19H2,1-9H3,(H,38,44)/b12-10+,20-11+/t21-,22?,26?,27-,28+,32?,35?,36+/m1/s1. The lowest BCUT2D eigenvalue weighted by molar-refractivity contribution is -0.161. The number of carbonyl (C=O) groups is 4. The minimum Gasteiger partial charge on any atom is -0.495 e. The highest BCUT2D eigenvalue weighted by atomic mass is 35.5. The number of rotatable bonds is 8. The molecule has 0 spiro atoms. The fraction of sp³-hybridized carbons (Fsp3) is 0.611. The Morgan fingerprint density at radius 2 is 1.98 bits per heavy atom. The molecule has 3 aliphatic rings. The third-order valence-corrected chi connectivity index (χ3v) is 11.0. The van der Waals surface area contributed by atoms with Crippen molar-refractivity contribution >= 4 is 52.9 Å². The zero-order valence-corrected chi connectivity index (χ0v) is 32.3. The number of aliphatic hydroxyl groups is 1. The number of thioether (sulfide) groups is 1. The molecule has 2 fully saturated rings. The maximum atomic E-state index is 14.1. The van der Waals surface area contributed by atoms with E-state index >= 15 is 0 Å². The predicted molar refractivity (Wildman–Crippen MR) is 194 cm³/mol. The molecule has 13 nitrogen and oxygen atoms in total. The lowest BCUT2D eigenvalue weighted by Gasteiger charge is -2.42. The number of likely N-dealkylation sites (N-methyl/N-ethyl adjacent to an activating group) is 1. The summed E-state index contributed by atoms with van der Waals surface area (Å²) in [5.41, 5.74) is -0.877. The monoisotopic (exact) mass is 751 g/mol. The van der Waals surface area contributed by atoms with Crippen molar-refractivity contribution in [3.05, 3.63) is 46.5 Å². The van der Waals surface area contributed by atoms with Crippen molar-refractivity contribution in [3.8, 4) is 5.75 Å². The van der Waals surface area contributed by atoms with Gasteiger partial charge in [-0.3, -0.25) is 14.9 Å². The van der Waals surface area contributed by atoms with E-state index in [1.54, 1.807) is 52.1 Å². The molecule has 0 aliphatic carbocycles. The van der Waals surface area contributed by atoms with Gasteiger partial charge in [-0.1, -0.05) is 42.3 Å². The van der Waals surface area contributed by atoms with E-state index in [9.17, 15) is 24.3 Å². The summed E-state index contributed by atoms with van der Waals surface area (Å²) in [6.07, 6.45) is 3.16. The van der Waals surface area contributed by atoms with Crippen LogP contribution in [0.25, 0.3) is 0 Å². The summed E-state index contributed by atoms with van der Waals surface area (Å²) >= 11 is 8.27. The van der Waals surface area contributed by atoms with Crippen LogP contribution in [-0.4, -0.2) is 116 Å². The fourth-order valence-corrected chi connectivity index (χ4v) is 7.28. The number of anilines is 1. The smallest absolute Gasteiger partial charge is 0.409 e. The molecule has 0 saturated carbocycles. The Labute approximate surface area is 308 Å². The molecule has 0 aromatic heterocycles. The molecule has 8 atom stereocenters. The van der Waals surface area contributed by atoms with Gasteiger partial charge in [-0.15, -0.1) is 0 Å². The second kappa shape index (κ2) is 16.6. The molecule has 4 rings (SSSR count). The van der Waals surface area contributed by atoms with Gasteiger partial charge in [0.15, 0.2) is 5.72 Å². The number of hydrogen-bond acceptors (Lipinski definition) is 11. The van der Waals surface area contributed by atoms with E-state index in [4.69, 9.17) is 35.3 Å². The molecule has 4 bridgehead atoms. The molecule has 4 unspecified atom stereocenters. The summed E-state index contributed by atoms with van der Waals surface area (Å²) in [5, 5.41) is 14.4. The number of nitrogens with zero attached hydrogens (tertiary/aromatic N) is 2. The van der Waals surface area contributed by atoms with E-state index in [0.29, 0.717) is 23.6 Å². The highest BCUT2D eigenvalue weighted by Gasteiger charge is 2.64. The number of carbonyl (C=O) groups excluding carboxylic acids is 4. The minimum absolute atomic E-state index is 0.0440.